The molecular formula is C15H10Br2N2O. The molecule has 0 saturated carbocycles. The van der Waals surface area contributed by atoms with Crippen LogP contribution in [-0.4, -0.2) is 15.8 Å². The molecule has 0 radical (unpaired) electrons. The Morgan fingerprint density at radius 3 is 2.75 bits per heavy atom. The fourth-order valence-electron chi connectivity index (χ4n) is 2.12. The molecule has 20 heavy (non-hydrogen) atoms. The Morgan fingerprint density at radius 1 is 1.20 bits per heavy atom. The number of H-pyrrole nitrogens is 1. The molecule has 0 aliphatic carbocycles. The molecule has 0 unspecified atom stereocenters. The molecule has 1 N–H and O–H groups in total. The van der Waals surface area contributed by atoms with Crippen LogP contribution >= 0.6 is 31.9 Å². The van der Waals surface area contributed by atoms with Crippen molar-refractivity contribution in [3.05, 3.63) is 62.3 Å². The summed E-state index contributed by atoms with van der Waals surface area (Å²) in [7, 11) is 0. The summed E-state index contributed by atoms with van der Waals surface area (Å²) >= 11 is 6.84. The quantitative estimate of drug-likeness (QED) is 0.645. The highest BCUT2D eigenvalue weighted by Crippen LogP contribution is 2.26. The Balaban J connectivity index is 2.15. The number of hydrogen-bond donors (Lipinski definition) is 1. The van der Waals surface area contributed by atoms with Gasteiger partial charge < -0.3 is 4.98 Å². The molecule has 0 aliphatic heterocycles. The van der Waals surface area contributed by atoms with Crippen LogP contribution in [0.1, 0.15) is 21.5 Å². The number of hydrogen-bond acceptors (Lipinski definition) is 2. The molecule has 3 aromatic rings. The highest BCUT2D eigenvalue weighted by Gasteiger charge is 2.17. The second kappa shape index (κ2) is 5.14. The fraction of sp³-hybridized carbons (Fsp3) is 0.0667. The first-order valence-electron chi connectivity index (χ1n) is 6.00. The van der Waals surface area contributed by atoms with E-state index in [1.54, 1.807) is 12.4 Å². The Morgan fingerprint density at radius 2 is 2.00 bits per heavy atom. The van der Waals surface area contributed by atoms with Crippen LogP contribution in [0.25, 0.3) is 11.0 Å². The summed E-state index contributed by atoms with van der Waals surface area (Å²) in [6.07, 6.45) is 3.41. The maximum absolute atomic E-state index is 12.7. The number of rotatable bonds is 2. The van der Waals surface area contributed by atoms with Crippen molar-refractivity contribution in [1.82, 2.24) is 9.97 Å². The van der Waals surface area contributed by atoms with E-state index in [9.17, 15) is 4.79 Å². The van der Waals surface area contributed by atoms with Crippen LogP contribution in [0.3, 0.4) is 0 Å². The third kappa shape index (κ3) is 2.31. The molecule has 0 bridgehead atoms. The van der Waals surface area contributed by atoms with Gasteiger partial charge >= 0.3 is 0 Å². The molecule has 2 heterocycles. The number of ketones is 1. The maximum Gasteiger partial charge on any atom is 0.196 e. The summed E-state index contributed by atoms with van der Waals surface area (Å²) in [4.78, 5) is 19.9. The lowest BCUT2D eigenvalue weighted by molar-refractivity contribution is 0.103. The summed E-state index contributed by atoms with van der Waals surface area (Å²) in [5, 5.41) is 0.817. The molecule has 0 aliphatic rings. The van der Waals surface area contributed by atoms with E-state index in [0.29, 0.717) is 16.8 Å². The number of fused-ring (bicyclic) bond motifs is 1. The third-order valence-corrected chi connectivity index (χ3v) is 4.20. The van der Waals surface area contributed by atoms with Crippen molar-refractivity contribution in [3.8, 4) is 0 Å². The number of halogens is 2. The van der Waals surface area contributed by atoms with Crippen molar-refractivity contribution in [3.63, 3.8) is 0 Å². The largest absolute Gasteiger partial charge is 0.345 e. The fourth-order valence-corrected chi connectivity index (χ4v) is 3.12. The van der Waals surface area contributed by atoms with E-state index in [2.05, 4.69) is 41.8 Å². The van der Waals surface area contributed by atoms with Crippen molar-refractivity contribution < 1.29 is 4.79 Å². The number of carbonyl (C=O) groups is 1. The normalized spacial score (nSPS) is 10.9. The Labute approximate surface area is 132 Å². The van der Waals surface area contributed by atoms with E-state index in [4.69, 9.17) is 0 Å². The first-order valence-corrected chi connectivity index (χ1v) is 7.58. The van der Waals surface area contributed by atoms with Crippen LogP contribution in [0.4, 0.5) is 0 Å². The average molecular weight is 394 g/mol. The number of aromatic amines is 1. The zero-order valence-corrected chi connectivity index (χ0v) is 13.7. The molecule has 1 aromatic carbocycles. The average Bonchev–Trinajstić information content (AvgIpc) is 2.81. The lowest BCUT2D eigenvalue weighted by Crippen LogP contribution is -2.01. The smallest absolute Gasteiger partial charge is 0.196 e. The van der Waals surface area contributed by atoms with Gasteiger partial charge in [-0.15, -0.1) is 0 Å². The molecule has 5 heteroatoms. The van der Waals surface area contributed by atoms with Crippen LogP contribution in [0.5, 0.6) is 0 Å². The van der Waals surface area contributed by atoms with Crippen molar-refractivity contribution in [2.24, 2.45) is 0 Å². The number of carbonyl (C=O) groups excluding carboxylic acids is 1. The van der Waals surface area contributed by atoms with E-state index < -0.39 is 0 Å². The van der Waals surface area contributed by atoms with Gasteiger partial charge in [-0.3, -0.25) is 4.79 Å². The zero-order chi connectivity index (χ0) is 14.3. The van der Waals surface area contributed by atoms with E-state index in [0.717, 1.165) is 19.9 Å². The molecule has 3 rings (SSSR count). The minimum absolute atomic E-state index is 0.0250. The summed E-state index contributed by atoms with van der Waals surface area (Å²) < 4.78 is 1.65. The highest BCUT2D eigenvalue weighted by atomic mass is 79.9. The number of aryl methyl sites for hydroxylation is 1. The van der Waals surface area contributed by atoms with Gasteiger partial charge in [-0.2, -0.15) is 0 Å². The monoisotopic (exact) mass is 392 g/mol. The first kappa shape index (κ1) is 13.5. The number of pyridine rings is 1. The van der Waals surface area contributed by atoms with E-state index in [1.165, 1.54) is 0 Å². The van der Waals surface area contributed by atoms with Crippen molar-refractivity contribution in [2.75, 3.05) is 0 Å². The SMILES string of the molecule is Cc1ccc(C(=O)c2c[nH]c3ncc(Br)cc23)c(Br)c1. The summed E-state index contributed by atoms with van der Waals surface area (Å²) in [6.45, 7) is 1.99. The predicted molar refractivity (Wildman–Crippen MR) is 86.1 cm³/mol. The molecular weight excluding hydrogens is 384 g/mol. The van der Waals surface area contributed by atoms with Gasteiger partial charge in [0.2, 0.25) is 0 Å². The lowest BCUT2D eigenvalue weighted by atomic mass is 10.0. The zero-order valence-electron chi connectivity index (χ0n) is 10.6. The van der Waals surface area contributed by atoms with Crippen molar-refractivity contribution >= 4 is 48.7 Å². The Bertz CT molecular complexity index is 824. The van der Waals surface area contributed by atoms with Gasteiger partial charge in [0.15, 0.2) is 5.78 Å². The van der Waals surface area contributed by atoms with E-state index >= 15 is 0 Å². The van der Waals surface area contributed by atoms with Gasteiger partial charge in [-0.25, -0.2) is 4.98 Å². The first-order chi connectivity index (χ1) is 9.56. The molecule has 0 atom stereocenters. The maximum atomic E-state index is 12.7. The van der Waals surface area contributed by atoms with Gasteiger partial charge in [0.05, 0.1) is 0 Å². The Kier molecular flexibility index (Phi) is 3.48. The number of nitrogens with one attached hydrogen (secondary N) is 1. The Hall–Kier alpha value is -1.46. The molecule has 100 valence electrons. The molecule has 0 saturated heterocycles. The van der Waals surface area contributed by atoms with Crippen LogP contribution in [-0.2, 0) is 0 Å². The molecule has 0 spiro atoms. The topological polar surface area (TPSA) is 45.8 Å². The number of aromatic nitrogens is 2. The standard InChI is InChI=1S/C15H10Br2N2O/c1-8-2-3-10(13(17)4-8)14(20)12-7-19-15-11(12)5-9(16)6-18-15/h2-7H,1H3,(H,18,19). The summed E-state index contributed by atoms with van der Waals surface area (Å²) in [6, 6.07) is 7.61. The second-order valence-electron chi connectivity index (χ2n) is 4.56. The minimum atomic E-state index is -0.0250. The second-order valence-corrected chi connectivity index (χ2v) is 6.33. The lowest BCUT2D eigenvalue weighted by Gasteiger charge is -2.04. The van der Waals surface area contributed by atoms with Gasteiger partial charge in [-0.1, -0.05) is 22.0 Å². The molecule has 2 aromatic heterocycles. The number of benzene rings is 1. The van der Waals surface area contributed by atoms with E-state index in [-0.39, 0.29) is 5.78 Å². The molecule has 0 fully saturated rings. The minimum Gasteiger partial charge on any atom is -0.345 e. The van der Waals surface area contributed by atoms with Gasteiger partial charge in [0.1, 0.15) is 5.65 Å². The summed E-state index contributed by atoms with van der Waals surface area (Å²) in [5.41, 5.74) is 3.09. The highest BCUT2D eigenvalue weighted by molar-refractivity contribution is 9.10. The predicted octanol–water partition coefficient (Wildman–Crippen LogP) is 4.63. The van der Waals surface area contributed by atoms with Gasteiger partial charge in [0, 0.05) is 37.9 Å². The van der Waals surface area contributed by atoms with Crippen LogP contribution in [0, 0.1) is 6.92 Å². The third-order valence-electron chi connectivity index (χ3n) is 3.11. The molecule has 3 nitrogen and oxygen atoms in total. The van der Waals surface area contributed by atoms with Gasteiger partial charge in [0.25, 0.3) is 0 Å². The van der Waals surface area contributed by atoms with Crippen LogP contribution in [0.15, 0.2) is 45.6 Å². The molecule has 0 amide bonds. The van der Waals surface area contributed by atoms with Gasteiger partial charge in [-0.05, 0) is 46.6 Å². The van der Waals surface area contributed by atoms with E-state index in [1.807, 2.05) is 31.2 Å². The van der Waals surface area contributed by atoms with Crippen LogP contribution < -0.4 is 0 Å². The summed E-state index contributed by atoms with van der Waals surface area (Å²) in [5.74, 6) is -0.0250. The van der Waals surface area contributed by atoms with Crippen molar-refractivity contribution in [1.29, 1.82) is 0 Å². The van der Waals surface area contributed by atoms with Crippen LogP contribution in [0.2, 0.25) is 0 Å². The number of nitrogens with zero attached hydrogens (tertiary/aromatic N) is 1. The van der Waals surface area contributed by atoms with Crippen molar-refractivity contribution in [2.45, 2.75) is 6.92 Å².